The van der Waals surface area contributed by atoms with Crippen LogP contribution in [-0.2, 0) is 0 Å². The van der Waals surface area contributed by atoms with Gasteiger partial charge in [-0.1, -0.05) is 13.3 Å². The molecule has 2 rings (SSSR count). The van der Waals surface area contributed by atoms with E-state index in [1.54, 1.807) is 0 Å². The van der Waals surface area contributed by atoms with Crippen molar-refractivity contribution in [3.63, 3.8) is 0 Å². The molecule has 23 heavy (non-hydrogen) atoms. The summed E-state index contributed by atoms with van der Waals surface area (Å²) in [5.41, 5.74) is -0.539. The van der Waals surface area contributed by atoms with Gasteiger partial charge >= 0.3 is 0 Å². The third-order valence-electron chi connectivity index (χ3n) is 5.07. The Hall–Kier alpha value is -0.0800. The molecule has 1 heterocycles. The first kappa shape index (κ1) is 21.0. The summed E-state index contributed by atoms with van der Waals surface area (Å²) < 4.78 is 0. The predicted octanol–water partition coefficient (Wildman–Crippen LogP) is 2.34. The van der Waals surface area contributed by atoms with Crippen LogP contribution in [0.4, 0.5) is 0 Å². The maximum atomic E-state index is 10.2. The highest BCUT2D eigenvalue weighted by atomic mass is 127. The fourth-order valence-electron chi connectivity index (χ4n) is 3.45. The van der Waals surface area contributed by atoms with Crippen molar-refractivity contribution in [2.24, 2.45) is 4.99 Å². The molecule has 5 nitrogen and oxygen atoms in total. The summed E-state index contributed by atoms with van der Waals surface area (Å²) in [6, 6.07) is 0.755. The Morgan fingerprint density at radius 1 is 1.22 bits per heavy atom. The number of aliphatic imine (C=N–C) groups is 1. The van der Waals surface area contributed by atoms with Crippen molar-refractivity contribution < 1.29 is 5.11 Å². The standard InChI is InChI=1S/C17H34N4O.HI/c1-3-15-8-5-6-12-21(15)13-11-19-16(18-4-2)20-14-17(22)9-7-10-17;/h15,22H,3-14H2,1-2H3,(H2,18,19,20);1H. The first-order valence-electron chi connectivity index (χ1n) is 9.15. The summed E-state index contributed by atoms with van der Waals surface area (Å²) in [6.45, 7) is 8.96. The number of likely N-dealkylation sites (tertiary alicyclic amines) is 1. The molecule has 0 aromatic rings. The Labute approximate surface area is 158 Å². The zero-order chi connectivity index (χ0) is 15.8. The van der Waals surface area contributed by atoms with E-state index in [1.165, 1.54) is 32.2 Å². The number of rotatable bonds is 7. The third-order valence-corrected chi connectivity index (χ3v) is 5.07. The minimum atomic E-state index is -0.539. The van der Waals surface area contributed by atoms with Crippen LogP contribution in [0.2, 0.25) is 0 Å². The van der Waals surface area contributed by atoms with Gasteiger partial charge < -0.3 is 15.7 Å². The van der Waals surface area contributed by atoms with Crippen molar-refractivity contribution in [2.45, 2.75) is 70.4 Å². The molecule has 1 saturated heterocycles. The van der Waals surface area contributed by atoms with Crippen LogP contribution in [0.3, 0.4) is 0 Å². The van der Waals surface area contributed by atoms with Crippen LogP contribution in [-0.4, -0.2) is 60.3 Å². The van der Waals surface area contributed by atoms with E-state index < -0.39 is 5.60 Å². The van der Waals surface area contributed by atoms with Gasteiger partial charge in [-0.3, -0.25) is 9.89 Å². The average molecular weight is 438 g/mol. The van der Waals surface area contributed by atoms with Gasteiger partial charge in [-0.25, -0.2) is 0 Å². The Balaban J connectivity index is 0.00000264. The Kier molecular flexibility index (Phi) is 9.77. The van der Waals surface area contributed by atoms with Crippen LogP contribution in [0.1, 0.15) is 58.8 Å². The molecule has 136 valence electrons. The molecule has 3 N–H and O–H groups in total. The normalized spacial score (nSPS) is 24.5. The van der Waals surface area contributed by atoms with E-state index in [4.69, 9.17) is 0 Å². The van der Waals surface area contributed by atoms with Gasteiger partial charge in [0.05, 0.1) is 12.1 Å². The van der Waals surface area contributed by atoms with E-state index in [1.807, 2.05) is 0 Å². The lowest BCUT2D eigenvalue weighted by molar-refractivity contribution is -0.0236. The Morgan fingerprint density at radius 2 is 2.00 bits per heavy atom. The maximum Gasteiger partial charge on any atom is 0.191 e. The fourth-order valence-corrected chi connectivity index (χ4v) is 3.45. The van der Waals surface area contributed by atoms with Crippen LogP contribution in [0.5, 0.6) is 0 Å². The second-order valence-electron chi connectivity index (χ2n) is 6.79. The highest BCUT2D eigenvalue weighted by Gasteiger charge is 2.34. The number of nitrogens with one attached hydrogen (secondary N) is 2. The molecular weight excluding hydrogens is 403 g/mol. The van der Waals surface area contributed by atoms with Crippen molar-refractivity contribution in [2.75, 3.05) is 32.7 Å². The first-order chi connectivity index (χ1) is 10.7. The van der Waals surface area contributed by atoms with E-state index in [0.29, 0.717) is 6.54 Å². The average Bonchev–Trinajstić information content (AvgIpc) is 2.51. The van der Waals surface area contributed by atoms with Crippen molar-refractivity contribution in [3.05, 3.63) is 0 Å². The number of halogens is 1. The van der Waals surface area contributed by atoms with E-state index >= 15 is 0 Å². The molecule has 0 bridgehead atoms. The fraction of sp³-hybridized carbons (Fsp3) is 0.941. The maximum absolute atomic E-state index is 10.2. The van der Waals surface area contributed by atoms with Crippen molar-refractivity contribution in [3.8, 4) is 0 Å². The smallest absolute Gasteiger partial charge is 0.191 e. The van der Waals surface area contributed by atoms with Crippen LogP contribution < -0.4 is 10.6 Å². The summed E-state index contributed by atoms with van der Waals surface area (Å²) in [6.07, 6.45) is 8.22. The third kappa shape index (κ3) is 6.74. The van der Waals surface area contributed by atoms with E-state index in [0.717, 1.165) is 50.9 Å². The molecule has 0 aromatic carbocycles. The van der Waals surface area contributed by atoms with E-state index in [2.05, 4.69) is 34.4 Å². The first-order valence-corrected chi connectivity index (χ1v) is 9.15. The summed E-state index contributed by atoms with van der Waals surface area (Å²) in [7, 11) is 0. The van der Waals surface area contributed by atoms with E-state index in [-0.39, 0.29) is 24.0 Å². The predicted molar refractivity (Wildman–Crippen MR) is 108 cm³/mol. The quantitative estimate of drug-likeness (QED) is 0.325. The molecule has 1 atom stereocenters. The summed E-state index contributed by atoms with van der Waals surface area (Å²) >= 11 is 0. The van der Waals surface area contributed by atoms with Crippen molar-refractivity contribution in [1.29, 1.82) is 0 Å². The molecule has 1 aliphatic carbocycles. The minimum absolute atomic E-state index is 0. The summed E-state index contributed by atoms with van der Waals surface area (Å²) in [5, 5.41) is 16.8. The summed E-state index contributed by atoms with van der Waals surface area (Å²) in [5.74, 6) is 0.841. The SMILES string of the molecule is CCNC(=NCC1(O)CCC1)NCCN1CCCCC1CC.I. The van der Waals surface area contributed by atoms with Crippen LogP contribution in [0.15, 0.2) is 4.99 Å². The van der Waals surface area contributed by atoms with Gasteiger partial charge in [0.25, 0.3) is 0 Å². The largest absolute Gasteiger partial charge is 0.388 e. The molecule has 0 radical (unpaired) electrons. The molecule has 0 amide bonds. The number of hydrogen-bond acceptors (Lipinski definition) is 3. The molecule has 1 saturated carbocycles. The van der Waals surface area contributed by atoms with Crippen molar-refractivity contribution in [1.82, 2.24) is 15.5 Å². The Morgan fingerprint density at radius 3 is 2.61 bits per heavy atom. The van der Waals surface area contributed by atoms with Gasteiger partial charge in [0.2, 0.25) is 0 Å². The van der Waals surface area contributed by atoms with E-state index in [9.17, 15) is 5.11 Å². The zero-order valence-corrected chi connectivity index (χ0v) is 17.1. The number of guanidine groups is 1. The molecule has 6 heteroatoms. The number of hydrogen-bond donors (Lipinski definition) is 3. The molecular formula is C17H35IN4O. The highest BCUT2D eigenvalue weighted by Crippen LogP contribution is 2.31. The van der Waals surface area contributed by atoms with Gasteiger partial charge in [-0.2, -0.15) is 0 Å². The number of aliphatic hydroxyl groups is 1. The van der Waals surface area contributed by atoms with Gasteiger partial charge in [0, 0.05) is 25.7 Å². The van der Waals surface area contributed by atoms with Crippen LogP contribution in [0, 0.1) is 0 Å². The van der Waals surface area contributed by atoms with Crippen LogP contribution in [0.25, 0.3) is 0 Å². The lowest BCUT2D eigenvalue weighted by Crippen LogP contribution is -2.47. The molecule has 1 aliphatic heterocycles. The van der Waals surface area contributed by atoms with Gasteiger partial charge in [-0.05, 0) is 52.0 Å². The molecule has 0 spiro atoms. The Bertz CT molecular complexity index is 361. The minimum Gasteiger partial charge on any atom is -0.388 e. The van der Waals surface area contributed by atoms with Crippen LogP contribution >= 0.6 is 24.0 Å². The van der Waals surface area contributed by atoms with Crippen molar-refractivity contribution >= 4 is 29.9 Å². The van der Waals surface area contributed by atoms with Gasteiger partial charge in [0.15, 0.2) is 5.96 Å². The lowest BCUT2D eigenvalue weighted by atomic mass is 9.80. The molecule has 2 fully saturated rings. The molecule has 1 unspecified atom stereocenters. The molecule has 2 aliphatic rings. The van der Waals surface area contributed by atoms with Gasteiger partial charge in [0.1, 0.15) is 0 Å². The molecule has 0 aromatic heterocycles. The highest BCUT2D eigenvalue weighted by molar-refractivity contribution is 14.0. The second-order valence-corrected chi connectivity index (χ2v) is 6.79. The second kappa shape index (κ2) is 10.7. The monoisotopic (exact) mass is 438 g/mol. The zero-order valence-electron chi connectivity index (χ0n) is 14.8. The summed E-state index contributed by atoms with van der Waals surface area (Å²) in [4.78, 5) is 7.17. The topological polar surface area (TPSA) is 59.9 Å². The number of nitrogens with zero attached hydrogens (tertiary/aromatic N) is 2. The lowest BCUT2D eigenvalue weighted by Gasteiger charge is -2.36. The number of piperidine rings is 1. The van der Waals surface area contributed by atoms with Gasteiger partial charge in [-0.15, -0.1) is 24.0 Å².